The van der Waals surface area contributed by atoms with Gasteiger partial charge in [0.2, 0.25) is 4.75 Å². The van der Waals surface area contributed by atoms with E-state index in [0.29, 0.717) is 11.4 Å². The van der Waals surface area contributed by atoms with Crippen molar-refractivity contribution in [2.24, 2.45) is 15.8 Å². The lowest BCUT2D eigenvalue weighted by molar-refractivity contribution is -0.126. The molecule has 3 rings (SSSR count). The van der Waals surface area contributed by atoms with Crippen LogP contribution in [-0.4, -0.2) is 27.4 Å². The van der Waals surface area contributed by atoms with Gasteiger partial charge in [0.25, 0.3) is 11.8 Å². The number of anilines is 1. The minimum atomic E-state index is -1.40. The molecule has 19 heavy (non-hydrogen) atoms. The summed E-state index contributed by atoms with van der Waals surface area (Å²) in [4.78, 5) is 28.2. The number of aliphatic imine (C=N–C) groups is 1. The number of hydrazone groups is 1. The summed E-state index contributed by atoms with van der Waals surface area (Å²) in [5, 5.41) is 5.52. The normalized spacial score (nSPS) is 26.1. The predicted octanol–water partition coefficient (Wildman–Crippen LogP) is 0.736. The van der Waals surface area contributed by atoms with Crippen molar-refractivity contribution in [1.82, 2.24) is 0 Å². The highest BCUT2D eigenvalue weighted by Gasteiger charge is 2.59. The van der Waals surface area contributed by atoms with Crippen LogP contribution in [0.25, 0.3) is 0 Å². The first-order valence-corrected chi connectivity index (χ1v) is 6.40. The van der Waals surface area contributed by atoms with Gasteiger partial charge in [0.15, 0.2) is 5.17 Å². The first kappa shape index (κ1) is 11.9. The van der Waals surface area contributed by atoms with E-state index in [-0.39, 0.29) is 5.17 Å². The van der Waals surface area contributed by atoms with Gasteiger partial charge in [0, 0.05) is 0 Å². The van der Waals surface area contributed by atoms with Crippen LogP contribution in [0.5, 0.6) is 0 Å². The molecule has 1 spiro atoms. The molecule has 0 radical (unpaired) electrons. The molecule has 1 atom stereocenters. The summed E-state index contributed by atoms with van der Waals surface area (Å²) < 4.78 is -1.40. The van der Waals surface area contributed by atoms with Gasteiger partial charge >= 0.3 is 0 Å². The Bertz CT molecular complexity index is 640. The molecule has 1 aromatic carbocycles. The molecule has 2 amide bonds. The van der Waals surface area contributed by atoms with E-state index in [1.165, 1.54) is 5.01 Å². The summed E-state index contributed by atoms with van der Waals surface area (Å²) in [5.74, 6) is -0.977. The molecule has 0 fully saturated rings. The van der Waals surface area contributed by atoms with Crippen LogP contribution in [0.2, 0.25) is 0 Å². The minimum Gasteiger partial charge on any atom is -0.378 e. The average Bonchev–Trinajstić information content (AvgIpc) is 2.83. The van der Waals surface area contributed by atoms with Gasteiger partial charge in [0.05, 0.1) is 11.4 Å². The van der Waals surface area contributed by atoms with Gasteiger partial charge in [0.1, 0.15) is 0 Å². The standard InChI is InChI=1S/C12H10N4O2S/c1-7-12(9(17)14-11(13)19-12)10(18)16(15-7)8-5-3-2-4-6-8/h2-6H,1H3,(H2,13,14,17). The number of hydrogen-bond donors (Lipinski definition) is 1. The Balaban J connectivity index is 2.04. The first-order valence-electron chi connectivity index (χ1n) is 5.58. The molecule has 2 aliphatic rings. The largest absolute Gasteiger partial charge is 0.378 e. The number of para-hydroxylation sites is 1. The highest BCUT2D eigenvalue weighted by Crippen LogP contribution is 2.41. The quantitative estimate of drug-likeness (QED) is 0.765. The van der Waals surface area contributed by atoms with Crippen molar-refractivity contribution in [2.45, 2.75) is 11.7 Å². The highest BCUT2D eigenvalue weighted by molar-refractivity contribution is 8.17. The maximum Gasteiger partial charge on any atom is 0.280 e. The van der Waals surface area contributed by atoms with Crippen LogP contribution < -0.4 is 10.7 Å². The second-order valence-electron chi connectivity index (χ2n) is 4.18. The predicted molar refractivity (Wildman–Crippen MR) is 74.0 cm³/mol. The number of amides is 2. The smallest absolute Gasteiger partial charge is 0.280 e. The number of rotatable bonds is 1. The third-order valence-corrected chi connectivity index (χ3v) is 4.28. The van der Waals surface area contributed by atoms with Crippen LogP contribution in [0.3, 0.4) is 0 Å². The Hall–Kier alpha value is -2.15. The number of thioether (sulfide) groups is 1. The Labute approximate surface area is 113 Å². The van der Waals surface area contributed by atoms with Gasteiger partial charge in [-0.15, -0.1) is 0 Å². The van der Waals surface area contributed by atoms with Crippen LogP contribution in [0.4, 0.5) is 5.69 Å². The first-order chi connectivity index (χ1) is 9.05. The van der Waals surface area contributed by atoms with Crippen molar-refractivity contribution < 1.29 is 9.59 Å². The van der Waals surface area contributed by atoms with Gasteiger partial charge in [-0.05, 0) is 19.1 Å². The molecule has 2 aliphatic heterocycles. The monoisotopic (exact) mass is 274 g/mol. The van der Waals surface area contributed by atoms with Crippen LogP contribution in [0.1, 0.15) is 6.92 Å². The molecule has 7 heteroatoms. The number of benzene rings is 1. The van der Waals surface area contributed by atoms with E-state index >= 15 is 0 Å². The fraction of sp³-hybridized carbons (Fsp3) is 0.167. The summed E-state index contributed by atoms with van der Waals surface area (Å²) in [6.45, 7) is 1.64. The highest BCUT2D eigenvalue weighted by atomic mass is 32.2. The van der Waals surface area contributed by atoms with E-state index in [2.05, 4.69) is 10.1 Å². The van der Waals surface area contributed by atoms with Crippen LogP contribution in [-0.2, 0) is 9.59 Å². The van der Waals surface area contributed by atoms with Crippen LogP contribution >= 0.6 is 11.8 Å². The third kappa shape index (κ3) is 1.51. The number of amidine groups is 1. The molecular formula is C12H10N4O2S. The lowest BCUT2D eigenvalue weighted by Gasteiger charge is -2.18. The van der Waals surface area contributed by atoms with Gasteiger partial charge < -0.3 is 5.73 Å². The second-order valence-corrected chi connectivity index (χ2v) is 5.41. The molecule has 0 saturated carbocycles. The maximum absolute atomic E-state index is 12.5. The average molecular weight is 274 g/mol. The molecule has 2 heterocycles. The Kier molecular flexibility index (Phi) is 2.46. The summed E-state index contributed by atoms with van der Waals surface area (Å²) in [6, 6.07) is 8.94. The Morgan fingerprint density at radius 1 is 1.26 bits per heavy atom. The van der Waals surface area contributed by atoms with E-state index < -0.39 is 16.6 Å². The molecule has 0 saturated heterocycles. The zero-order chi connectivity index (χ0) is 13.6. The van der Waals surface area contributed by atoms with Crippen LogP contribution in [0.15, 0.2) is 40.4 Å². The SMILES string of the molecule is CC1=NN(c2ccccc2)C(=O)C12SC(N)=NC2=O. The summed E-state index contributed by atoms with van der Waals surface area (Å²) in [5.41, 5.74) is 6.57. The Morgan fingerprint density at radius 3 is 2.53 bits per heavy atom. The van der Waals surface area contributed by atoms with Gasteiger partial charge in [-0.3, -0.25) is 9.59 Å². The van der Waals surface area contributed by atoms with Crippen molar-refractivity contribution in [2.75, 3.05) is 5.01 Å². The molecule has 0 aliphatic carbocycles. The van der Waals surface area contributed by atoms with Crippen molar-refractivity contribution in [1.29, 1.82) is 0 Å². The number of nitrogens with zero attached hydrogens (tertiary/aromatic N) is 3. The summed E-state index contributed by atoms with van der Waals surface area (Å²) >= 11 is 0.954. The maximum atomic E-state index is 12.5. The van der Waals surface area contributed by atoms with E-state index in [1.807, 2.05) is 6.07 Å². The third-order valence-electron chi connectivity index (χ3n) is 3.02. The lowest BCUT2D eigenvalue weighted by Crippen LogP contribution is -2.47. The van der Waals surface area contributed by atoms with Crippen molar-refractivity contribution >= 4 is 40.1 Å². The van der Waals surface area contributed by atoms with Crippen LogP contribution in [0, 0.1) is 0 Å². The van der Waals surface area contributed by atoms with Gasteiger partial charge in [-0.2, -0.15) is 15.1 Å². The fourth-order valence-corrected chi connectivity index (χ4v) is 3.02. The second kappa shape index (κ2) is 3.92. The molecular weight excluding hydrogens is 264 g/mol. The molecule has 1 aromatic rings. The number of carbonyl (C=O) groups is 2. The van der Waals surface area contributed by atoms with Crippen molar-refractivity contribution in [3.8, 4) is 0 Å². The molecule has 0 aromatic heterocycles. The Morgan fingerprint density at radius 2 is 1.95 bits per heavy atom. The fourth-order valence-electron chi connectivity index (χ4n) is 2.08. The molecule has 2 N–H and O–H groups in total. The molecule has 96 valence electrons. The van der Waals surface area contributed by atoms with Crippen molar-refractivity contribution in [3.05, 3.63) is 30.3 Å². The summed E-state index contributed by atoms with van der Waals surface area (Å²) in [6.07, 6.45) is 0. The molecule has 6 nitrogen and oxygen atoms in total. The van der Waals surface area contributed by atoms with Gasteiger partial charge in [-0.1, -0.05) is 30.0 Å². The van der Waals surface area contributed by atoms with E-state index in [4.69, 9.17) is 5.73 Å². The van der Waals surface area contributed by atoms with E-state index in [9.17, 15) is 9.59 Å². The van der Waals surface area contributed by atoms with E-state index in [0.717, 1.165) is 11.8 Å². The minimum absolute atomic E-state index is 0.0998. The van der Waals surface area contributed by atoms with Crippen molar-refractivity contribution in [3.63, 3.8) is 0 Å². The number of carbonyl (C=O) groups excluding carboxylic acids is 2. The van der Waals surface area contributed by atoms with E-state index in [1.54, 1.807) is 31.2 Å². The number of nitrogens with two attached hydrogens (primary N) is 1. The zero-order valence-electron chi connectivity index (χ0n) is 10.0. The van der Waals surface area contributed by atoms with Gasteiger partial charge in [-0.25, -0.2) is 0 Å². The zero-order valence-corrected chi connectivity index (χ0v) is 10.8. The molecule has 0 bridgehead atoms. The summed E-state index contributed by atoms with van der Waals surface area (Å²) in [7, 11) is 0. The topological polar surface area (TPSA) is 88.1 Å². The lowest BCUT2D eigenvalue weighted by atomic mass is 10.0. The molecule has 1 unspecified atom stereocenters. The number of hydrogen-bond acceptors (Lipinski definition) is 5.